The van der Waals surface area contributed by atoms with Gasteiger partial charge in [0.1, 0.15) is 0 Å². The molecule has 0 amide bonds. The van der Waals surface area contributed by atoms with Gasteiger partial charge < -0.3 is 0 Å². The van der Waals surface area contributed by atoms with Crippen LogP contribution in [0.2, 0.25) is 0 Å². The Balaban J connectivity index is 1.71. The molecule has 2 aliphatic carbocycles. The summed E-state index contributed by atoms with van der Waals surface area (Å²) in [5, 5.41) is 0. The summed E-state index contributed by atoms with van der Waals surface area (Å²) < 4.78 is 4.68. The van der Waals surface area contributed by atoms with Gasteiger partial charge in [-0.1, -0.05) is 54.6 Å². The number of rotatable bonds is 1. The van der Waals surface area contributed by atoms with Crippen LogP contribution < -0.4 is 11.4 Å². The van der Waals surface area contributed by atoms with E-state index in [0.717, 1.165) is 0 Å². The van der Waals surface area contributed by atoms with Crippen molar-refractivity contribution in [2.45, 2.75) is 12.1 Å². The number of nitrogens with zero attached hydrogens (tertiary/aromatic N) is 3. The Kier molecular flexibility index (Phi) is 2.28. The minimum Gasteiger partial charge on any atom is -0.245 e. The molecule has 4 atom stereocenters. The van der Waals surface area contributed by atoms with E-state index in [-0.39, 0.29) is 23.5 Å². The van der Waals surface area contributed by atoms with Crippen LogP contribution in [0.5, 0.6) is 0 Å². The summed E-state index contributed by atoms with van der Waals surface area (Å²) in [6.45, 7) is 0. The fourth-order valence-electron chi connectivity index (χ4n) is 4.83. The summed E-state index contributed by atoms with van der Waals surface area (Å²) in [7, 11) is 0. The van der Waals surface area contributed by atoms with E-state index in [2.05, 4.69) is 24.3 Å². The van der Waals surface area contributed by atoms with E-state index in [1.54, 1.807) is 21.5 Å². The van der Waals surface area contributed by atoms with Crippen molar-refractivity contribution >= 4 is 0 Å². The lowest BCUT2D eigenvalue weighted by atomic mass is 9.63. The van der Waals surface area contributed by atoms with Crippen LogP contribution in [0.15, 0.2) is 76.3 Å². The molecule has 0 spiro atoms. The first kappa shape index (κ1) is 13.2. The van der Waals surface area contributed by atoms with Gasteiger partial charge in [-0.25, -0.2) is 23.5 Å². The third-order valence-electron chi connectivity index (χ3n) is 5.91. The minimum atomic E-state index is -0.251. The van der Waals surface area contributed by atoms with Gasteiger partial charge in [-0.05, 0) is 23.3 Å². The zero-order chi connectivity index (χ0) is 16.7. The Bertz CT molecular complexity index is 1100. The van der Waals surface area contributed by atoms with Crippen LogP contribution in [-0.2, 0) is 0 Å². The van der Waals surface area contributed by atoms with Gasteiger partial charge in [-0.2, -0.15) is 0 Å². The van der Waals surface area contributed by atoms with E-state index in [4.69, 9.17) is 0 Å². The summed E-state index contributed by atoms with van der Waals surface area (Å²) in [4.78, 5) is 26.4. The summed E-state index contributed by atoms with van der Waals surface area (Å²) in [6, 6.07) is 17.2. The molecule has 0 unspecified atom stereocenters. The second-order valence-corrected chi connectivity index (χ2v) is 6.98. The summed E-state index contributed by atoms with van der Waals surface area (Å²) in [6.07, 6.45) is 4.36. The fourth-order valence-corrected chi connectivity index (χ4v) is 4.83. The van der Waals surface area contributed by atoms with Gasteiger partial charge in [0.15, 0.2) is 0 Å². The molecule has 0 saturated carbocycles. The highest BCUT2D eigenvalue weighted by molar-refractivity contribution is 5.45. The lowest BCUT2D eigenvalue weighted by molar-refractivity contribution is 0.122. The fraction of sp³-hybridized carbons (Fsp3) is 0.200. The highest BCUT2D eigenvalue weighted by atomic mass is 16.2. The quantitative estimate of drug-likeness (QED) is 0.642. The van der Waals surface area contributed by atoms with Crippen LogP contribution in [0.1, 0.15) is 23.2 Å². The normalized spacial score (nSPS) is 27.4. The number of hydrogen-bond donors (Lipinski definition) is 0. The third-order valence-corrected chi connectivity index (χ3v) is 5.91. The lowest BCUT2D eigenvalue weighted by Crippen LogP contribution is -2.53. The van der Waals surface area contributed by atoms with E-state index in [0.29, 0.717) is 17.5 Å². The molecule has 1 aromatic heterocycles. The maximum absolute atomic E-state index is 13.2. The monoisotopic (exact) mass is 329 g/mol. The lowest BCUT2D eigenvalue weighted by Gasteiger charge is -2.51. The van der Waals surface area contributed by atoms with E-state index < -0.39 is 0 Å². The first-order chi connectivity index (χ1) is 12.3. The van der Waals surface area contributed by atoms with Crippen molar-refractivity contribution in [3.8, 4) is 5.69 Å². The molecule has 2 aromatic carbocycles. The van der Waals surface area contributed by atoms with Crippen LogP contribution in [0.3, 0.4) is 0 Å². The number of allylic oxidation sites excluding steroid dienone is 2. The molecule has 0 N–H and O–H groups in total. The van der Waals surface area contributed by atoms with Crippen molar-refractivity contribution in [2.75, 3.05) is 0 Å². The molecule has 3 heterocycles. The van der Waals surface area contributed by atoms with Gasteiger partial charge in [0.25, 0.3) is 0 Å². The molecule has 0 saturated heterocycles. The number of benzene rings is 2. The molecular weight excluding hydrogens is 314 g/mol. The SMILES string of the molecule is O=c1n(-c2ccccc2)c(=O)n2n1[C@H]1c3ccccc3[C@H]2[C@H]2C=C[C@H]21. The largest absolute Gasteiger partial charge is 0.352 e. The Hall–Kier alpha value is -3.08. The molecule has 3 aromatic rings. The zero-order valence-corrected chi connectivity index (χ0v) is 13.3. The Morgan fingerprint density at radius 3 is 1.60 bits per heavy atom. The molecule has 2 bridgehead atoms. The summed E-state index contributed by atoms with van der Waals surface area (Å²) in [5.74, 6) is 0.590. The van der Waals surface area contributed by atoms with E-state index >= 15 is 0 Å². The molecular formula is C20H15N3O2. The van der Waals surface area contributed by atoms with Crippen LogP contribution in [-0.4, -0.2) is 13.9 Å². The van der Waals surface area contributed by atoms with E-state index in [1.165, 1.54) is 15.7 Å². The van der Waals surface area contributed by atoms with Crippen molar-refractivity contribution in [3.63, 3.8) is 0 Å². The Morgan fingerprint density at radius 2 is 1.12 bits per heavy atom. The van der Waals surface area contributed by atoms with Gasteiger partial charge in [-0.15, -0.1) is 0 Å². The highest BCUT2D eigenvalue weighted by Crippen LogP contribution is 2.55. The molecule has 2 aliphatic heterocycles. The van der Waals surface area contributed by atoms with Crippen LogP contribution in [0.25, 0.3) is 5.69 Å². The number of hydrogen-bond acceptors (Lipinski definition) is 2. The first-order valence-electron chi connectivity index (χ1n) is 8.56. The van der Waals surface area contributed by atoms with Crippen molar-refractivity contribution < 1.29 is 0 Å². The maximum Gasteiger partial charge on any atom is 0.352 e. The third kappa shape index (κ3) is 1.41. The second kappa shape index (κ2) is 4.30. The number of aromatic nitrogens is 3. The van der Waals surface area contributed by atoms with Gasteiger partial charge in [0, 0.05) is 11.8 Å². The predicted octanol–water partition coefficient (Wildman–Crippen LogP) is 2.11. The molecule has 0 radical (unpaired) electrons. The van der Waals surface area contributed by atoms with Crippen molar-refractivity contribution in [1.29, 1.82) is 0 Å². The van der Waals surface area contributed by atoms with Crippen molar-refractivity contribution in [1.82, 2.24) is 13.9 Å². The average Bonchev–Trinajstić information content (AvgIpc) is 2.88. The van der Waals surface area contributed by atoms with Crippen LogP contribution >= 0.6 is 0 Å². The topological polar surface area (TPSA) is 48.9 Å². The van der Waals surface area contributed by atoms with E-state index in [1.807, 2.05) is 30.3 Å². The van der Waals surface area contributed by atoms with Gasteiger partial charge in [-0.3, -0.25) is 0 Å². The molecule has 7 rings (SSSR count). The minimum absolute atomic E-state index is 0.0960. The average molecular weight is 329 g/mol. The van der Waals surface area contributed by atoms with Gasteiger partial charge in [0.05, 0.1) is 17.8 Å². The predicted molar refractivity (Wildman–Crippen MR) is 93.1 cm³/mol. The molecule has 4 aliphatic rings. The summed E-state index contributed by atoms with van der Waals surface area (Å²) >= 11 is 0. The molecule has 0 fully saturated rings. The standard InChI is InChI=1S/C20H15N3O2/c24-19-21(12-6-2-1-3-7-12)20(25)23-18-14-9-5-4-8-13(14)17(22(19)23)15-10-11-16(15)18/h1-11,15-18H/t15-,16+,17-,18-/m0/s1. The maximum atomic E-state index is 13.2. The van der Waals surface area contributed by atoms with Crippen molar-refractivity contribution in [3.05, 3.63) is 98.8 Å². The van der Waals surface area contributed by atoms with Crippen LogP contribution in [0.4, 0.5) is 0 Å². The van der Waals surface area contributed by atoms with Gasteiger partial charge in [0.2, 0.25) is 0 Å². The summed E-state index contributed by atoms with van der Waals surface area (Å²) in [5.41, 5.74) is 2.46. The first-order valence-corrected chi connectivity index (χ1v) is 8.56. The smallest absolute Gasteiger partial charge is 0.245 e. The Labute approximate surface area is 143 Å². The highest BCUT2D eigenvalue weighted by Gasteiger charge is 2.53. The molecule has 5 heteroatoms. The second-order valence-electron chi connectivity index (χ2n) is 6.98. The Morgan fingerprint density at radius 1 is 0.640 bits per heavy atom. The van der Waals surface area contributed by atoms with Crippen LogP contribution in [0, 0.1) is 11.8 Å². The molecule has 25 heavy (non-hydrogen) atoms. The van der Waals surface area contributed by atoms with E-state index in [9.17, 15) is 9.59 Å². The zero-order valence-electron chi connectivity index (χ0n) is 13.3. The van der Waals surface area contributed by atoms with Crippen molar-refractivity contribution in [2.24, 2.45) is 11.8 Å². The molecule has 122 valence electrons. The van der Waals surface area contributed by atoms with Gasteiger partial charge >= 0.3 is 11.4 Å². The molecule has 5 nitrogen and oxygen atoms in total. The number of para-hydroxylation sites is 1.